The van der Waals surface area contributed by atoms with Gasteiger partial charge in [-0.2, -0.15) is 8.42 Å². The molecule has 0 aliphatic rings. The lowest BCUT2D eigenvalue weighted by Gasteiger charge is -2.21. The molecule has 0 bridgehead atoms. The van der Waals surface area contributed by atoms with Crippen LogP contribution in [0.2, 0.25) is 0 Å². The van der Waals surface area contributed by atoms with Gasteiger partial charge in [-0.25, -0.2) is 0 Å². The lowest BCUT2D eigenvalue weighted by atomic mass is 10.1. The van der Waals surface area contributed by atoms with Crippen LogP contribution in [0.15, 0.2) is 48.6 Å². The molecule has 2 unspecified atom stereocenters. The lowest BCUT2D eigenvalue weighted by Crippen LogP contribution is -2.46. The molecule has 0 heterocycles. The highest BCUT2D eigenvalue weighted by atomic mass is 32.2. The largest absolute Gasteiger partial charge is 0.387 e. The summed E-state index contributed by atoms with van der Waals surface area (Å²) in [5.41, 5.74) is 0. The van der Waals surface area contributed by atoms with Crippen molar-refractivity contribution >= 4 is 16.0 Å². The fraction of sp³-hybridized carbons (Fsp3) is 0.763. The summed E-state index contributed by atoms with van der Waals surface area (Å²) in [7, 11) is -4.35. The fourth-order valence-corrected chi connectivity index (χ4v) is 5.94. The Balaban J connectivity index is 4.07. The number of amides is 1. The Morgan fingerprint density at radius 3 is 1.62 bits per heavy atom. The highest BCUT2D eigenvalue weighted by Crippen LogP contribution is 2.13. The van der Waals surface area contributed by atoms with Crippen molar-refractivity contribution in [1.82, 2.24) is 5.32 Å². The number of aliphatic hydroxyl groups excluding tert-OH is 1. The van der Waals surface area contributed by atoms with Crippen LogP contribution < -0.4 is 5.32 Å². The third-order valence-electron chi connectivity index (χ3n) is 7.96. The normalized spacial score (nSPS) is 14.0. The molecule has 0 rings (SSSR count). The zero-order valence-corrected chi connectivity index (χ0v) is 29.8. The molecule has 262 valence electrons. The smallest absolute Gasteiger partial charge is 0.267 e. The van der Waals surface area contributed by atoms with Crippen LogP contribution in [-0.2, 0) is 14.9 Å². The summed E-state index contributed by atoms with van der Waals surface area (Å²) < 4.78 is 32.3. The van der Waals surface area contributed by atoms with Gasteiger partial charge in [0.15, 0.2) is 0 Å². The summed E-state index contributed by atoms with van der Waals surface area (Å²) in [4.78, 5) is 12.4. The van der Waals surface area contributed by atoms with Gasteiger partial charge in [-0.05, 0) is 57.8 Å². The molecular formula is C38H69NO5S. The number of hydrogen-bond acceptors (Lipinski definition) is 4. The quantitative estimate of drug-likeness (QED) is 0.0381. The SMILES string of the molecule is CCC/C=C\C/C=C\CCCCCCCC(=O)NC(CS(=O)(=O)O)C(O)/C=C/CC/C=C/CCCCCCCCCCCCC. The van der Waals surface area contributed by atoms with Gasteiger partial charge in [0.25, 0.3) is 10.1 Å². The Kier molecular flexibility index (Phi) is 31.0. The molecule has 0 spiro atoms. The maximum Gasteiger partial charge on any atom is 0.267 e. The first-order valence-corrected chi connectivity index (χ1v) is 19.9. The van der Waals surface area contributed by atoms with Gasteiger partial charge in [-0.1, -0.05) is 152 Å². The third-order valence-corrected chi connectivity index (χ3v) is 8.74. The minimum Gasteiger partial charge on any atom is -0.387 e. The van der Waals surface area contributed by atoms with E-state index >= 15 is 0 Å². The Hall–Kier alpha value is -1.70. The minimum absolute atomic E-state index is 0.270. The average Bonchev–Trinajstić information content (AvgIpc) is 3.00. The van der Waals surface area contributed by atoms with E-state index in [0.717, 1.165) is 57.8 Å². The second kappa shape index (κ2) is 32.2. The molecule has 0 aliphatic heterocycles. The van der Waals surface area contributed by atoms with Crippen molar-refractivity contribution in [2.45, 2.75) is 180 Å². The minimum atomic E-state index is -4.35. The molecule has 45 heavy (non-hydrogen) atoms. The second-order valence-electron chi connectivity index (χ2n) is 12.5. The average molecular weight is 652 g/mol. The Bertz CT molecular complexity index is 894. The van der Waals surface area contributed by atoms with Crippen LogP contribution >= 0.6 is 0 Å². The number of nitrogens with one attached hydrogen (secondary N) is 1. The van der Waals surface area contributed by atoms with Gasteiger partial charge < -0.3 is 10.4 Å². The van der Waals surface area contributed by atoms with E-state index in [2.05, 4.69) is 55.6 Å². The summed E-state index contributed by atoms with van der Waals surface area (Å²) in [5, 5.41) is 13.1. The Morgan fingerprint density at radius 1 is 0.600 bits per heavy atom. The lowest BCUT2D eigenvalue weighted by molar-refractivity contribution is -0.122. The van der Waals surface area contributed by atoms with Crippen molar-refractivity contribution < 1.29 is 22.9 Å². The highest BCUT2D eigenvalue weighted by molar-refractivity contribution is 7.85. The van der Waals surface area contributed by atoms with Crippen LogP contribution in [0.4, 0.5) is 0 Å². The third kappa shape index (κ3) is 33.5. The molecule has 0 aromatic heterocycles. The zero-order valence-electron chi connectivity index (χ0n) is 29.0. The van der Waals surface area contributed by atoms with Crippen LogP contribution in [0.3, 0.4) is 0 Å². The van der Waals surface area contributed by atoms with E-state index in [4.69, 9.17) is 0 Å². The maximum absolute atomic E-state index is 12.4. The van der Waals surface area contributed by atoms with Crippen molar-refractivity contribution in [3.63, 3.8) is 0 Å². The molecule has 0 radical (unpaired) electrons. The molecule has 1 amide bonds. The van der Waals surface area contributed by atoms with Gasteiger partial charge in [0.05, 0.1) is 17.9 Å². The molecule has 3 N–H and O–H groups in total. The number of unbranched alkanes of at least 4 members (excludes halogenated alkanes) is 18. The van der Waals surface area contributed by atoms with E-state index in [0.29, 0.717) is 12.8 Å². The van der Waals surface area contributed by atoms with Gasteiger partial charge >= 0.3 is 0 Å². The van der Waals surface area contributed by atoms with Gasteiger partial charge in [0.2, 0.25) is 5.91 Å². The molecule has 0 saturated heterocycles. The second-order valence-corrected chi connectivity index (χ2v) is 14.0. The monoisotopic (exact) mass is 651 g/mol. The number of carbonyl (C=O) groups excluding carboxylic acids is 1. The topological polar surface area (TPSA) is 104 Å². The fourth-order valence-electron chi connectivity index (χ4n) is 5.21. The standard InChI is InChI=1S/C38H69NO5S/c1-3-5-7-9-11-13-15-17-18-19-20-22-23-25-27-29-31-33-37(40)36(35-45(42,43)44)39-38(41)34-32-30-28-26-24-21-16-14-12-10-8-6-4-2/h8,10,14,16,23,25,31,33,36-37,40H,3-7,9,11-13,15,17-22,24,26-30,32,34-35H2,1-2H3,(H,39,41)(H,42,43,44)/b10-8-,16-14-,25-23+,33-31+. The molecule has 0 saturated carbocycles. The summed E-state index contributed by atoms with van der Waals surface area (Å²) in [6, 6.07) is -1.08. The molecule has 0 aliphatic carbocycles. The van der Waals surface area contributed by atoms with Gasteiger partial charge in [-0.3, -0.25) is 9.35 Å². The predicted molar refractivity (Wildman–Crippen MR) is 193 cm³/mol. The van der Waals surface area contributed by atoms with E-state index in [-0.39, 0.29) is 12.3 Å². The summed E-state index contributed by atoms with van der Waals surface area (Å²) in [6.45, 7) is 4.44. The van der Waals surface area contributed by atoms with E-state index in [1.54, 1.807) is 6.08 Å². The number of aliphatic hydroxyl groups is 1. The number of carbonyl (C=O) groups is 1. The molecule has 2 atom stereocenters. The van der Waals surface area contributed by atoms with Crippen molar-refractivity contribution in [3.8, 4) is 0 Å². The van der Waals surface area contributed by atoms with Crippen molar-refractivity contribution in [2.75, 3.05) is 5.75 Å². The maximum atomic E-state index is 12.4. The Morgan fingerprint density at radius 2 is 1.07 bits per heavy atom. The molecule has 6 nitrogen and oxygen atoms in total. The van der Waals surface area contributed by atoms with Crippen LogP contribution in [-0.4, -0.2) is 41.9 Å². The van der Waals surface area contributed by atoms with Crippen LogP contribution in [0, 0.1) is 0 Å². The van der Waals surface area contributed by atoms with Gasteiger partial charge in [0.1, 0.15) is 0 Å². The first-order valence-electron chi connectivity index (χ1n) is 18.3. The van der Waals surface area contributed by atoms with E-state index in [1.165, 1.54) is 83.1 Å². The first kappa shape index (κ1) is 43.3. The van der Waals surface area contributed by atoms with Crippen LogP contribution in [0.25, 0.3) is 0 Å². The molecular weight excluding hydrogens is 582 g/mol. The number of rotatable bonds is 32. The van der Waals surface area contributed by atoms with Gasteiger partial charge in [0, 0.05) is 6.42 Å². The van der Waals surface area contributed by atoms with Crippen molar-refractivity contribution in [1.29, 1.82) is 0 Å². The first-order chi connectivity index (χ1) is 21.8. The van der Waals surface area contributed by atoms with Crippen LogP contribution in [0.1, 0.15) is 168 Å². The van der Waals surface area contributed by atoms with E-state index < -0.39 is 28.0 Å². The van der Waals surface area contributed by atoms with Gasteiger partial charge in [-0.15, -0.1) is 0 Å². The highest BCUT2D eigenvalue weighted by Gasteiger charge is 2.24. The van der Waals surface area contributed by atoms with Crippen LogP contribution in [0.5, 0.6) is 0 Å². The molecule has 0 aromatic carbocycles. The predicted octanol–water partition coefficient (Wildman–Crippen LogP) is 10.3. The molecule has 7 heteroatoms. The summed E-state index contributed by atoms with van der Waals surface area (Å²) in [6.07, 6.45) is 42.4. The van der Waals surface area contributed by atoms with E-state index in [9.17, 15) is 22.9 Å². The number of allylic oxidation sites excluding steroid dienone is 7. The summed E-state index contributed by atoms with van der Waals surface area (Å²) >= 11 is 0. The Labute approximate surface area is 278 Å². The molecule has 0 fully saturated rings. The van der Waals surface area contributed by atoms with Crippen molar-refractivity contribution in [3.05, 3.63) is 48.6 Å². The molecule has 0 aromatic rings. The van der Waals surface area contributed by atoms with Crippen molar-refractivity contribution in [2.24, 2.45) is 0 Å². The van der Waals surface area contributed by atoms with E-state index in [1.807, 2.05) is 0 Å². The summed E-state index contributed by atoms with van der Waals surface area (Å²) in [5.74, 6) is -1.02. The number of hydrogen-bond donors (Lipinski definition) is 3. The zero-order chi connectivity index (χ0) is 33.3.